The van der Waals surface area contributed by atoms with E-state index in [0.717, 1.165) is 17.7 Å². The van der Waals surface area contributed by atoms with Crippen molar-refractivity contribution in [1.29, 1.82) is 0 Å². The number of benzene rings is 2. The highest BCUT2D eigenvalue weighted by Crippen LogP contribution is 2.31. The summed E-state index contributed by atoms with van der Waals surface area (Å²) in [5.41, 5.74) is 7.12. The summed E-state index contributed by atoms with van der Waals surface area (Å²) in [6, 6.07) is 10.3. The summed E-state index contributed by atoms with van der Waals surface area (Å²) in [6.07, 6.45) is -4.40. The summed E-state index contributed by atoms with van der Waals surface area (Å²) in [6.45, 7) is 1.80. The first kappa shape index (κ1) is 17.7. The van der Waals surface area contributed by atoms with Crippen LogP contribution in [0.1, 0.15) is 11.1 Å². The average Bonchev–Trinajstić information content (AvgIpc) is 2.56. The molecule has 134 valence electrons. The second-order valence-electron chi connectivity index (χ2n) is 5.66. The molecule has 3 N–H and O–H groups in total. The van der Waals surface area contributed by atoms with Gasteiger partial charge in [-0.3, -0.25) is 0 Å². The average molecular weight is 362 g/mol. The Hall–Kier alpha value is -3.16. The fraction of sp³-hybridized carbons (Fsp3) is 0.111. The van der Waals surface area contributed by atoms with Gasteiger partial charge in [-0.05, 0) is 48.9 Å². The SMILES string of the molecule is Cc1ccc(F)cc1-c1cc(Nc2ccc(C(F)(F)F)cc2)nc(N)n1. The molecule has 8 heteroatoms. The quantitative estimate of drug-likeness (QED) is 0.648. The van der Waals surface area contributed by atoms with Gasteiger partial charge in [0.15, 0.2) is 0 Å². The van der Waals surface area contributed by atoms with E-state index in [-0.39, 0.29) is 11.8 Å². The van der Waals surface area contributed by atoms with E-state index in [0.29, 0.717) is 16.9 Å². The van der Waals surface area contributed by atoms with Crippen molar-refractivity contribution in [2.24, 2.45) is 0 Å². The summed E-state index contributed by atoms with van der Waals surface area (Å²) < 4.78 is 51.4. The van der Waals surface area contributed by atoms with Crippen LogP contribution in [0.2, 0.25) is 0 Å². The van der Waals surface area contributed by atoms with Crippen LogP contribution in [0.4, 0.5) is 35.0 Å². The third kappa shape index (κ3) is 3.90. The molecule has 3 aromatic rings. The first-order valence-corrected chi connectivity index (χ1v) is 7.58. The largest absolute Gasteiger partial charge is 0.416 e. The maximum Gasteiger partial charge on any atom is 0.416 e. The summed E-state index contributed by atoms with van der Waals surface area (Å²) >= 11 is 0. The molecule has 1 aromatic heterocycles. The van der Waals surface area contributed by atoms with Gasteiger partial charge in [0, 0.05) is 17.3 Å². The lowest BCUT2D eigenvalue weighted by atomic mass is 10.1. The molecule has 0 bridgehead atoms. The van der Waals surface area contributed by atoms with Crippen molar-refractivity contribution in [1.82, 2.24) is 9.97 Å². The third-order valence-corrected chi connectivity index (χ3v) is 3.70. The molecule has 0 aliphatic rings. The fourth-order valence-electron chi connectivity index (χ4n) is 2.43. The van der Waals surface area contributed by atoms with E-state index in [4.69, 9.17) is 5.73 Å². The van der Waals surface area contributed by atoms with Gasteiger partial charge in [-0.2, -0.15) is 18.2 Å². The van der Waals surface area contributed by atoms with Gasteiger partial charge in [-0.25, -0.2) is 9.37 Å². The molecule has 0 spiro atoms. The second-order valence-corrected chi connectivity index (χ2v) is 5.66. The predicted octanol–water partition coefficient (Wildman–Crippen LogP) is 4.94. The minimum atomic E-state index is -4.40. The fourth-order valence-corrected chi connectivity index (χ4v) is 2.43. The molecule has 0 atom stereocenters. The lowest BCUT2D eigenvalue weighted by Crippen LogP contribution is -2.05. The first-order chi connectivity index (χ1) is 12.2. The maximum atomic E-state index is 13.5. The lowest BCUT2D eigenvalue weighted by molar-refractivity contribution is -0.137. The number of rotatable bonds is 3. The standard InChI is InChI=1S/C18H14F4N4/c1-10-2-5-12(19)8-14(10)15-9-16(26-17(23)25-15)24-13-6-3-11(4-7-13)18(20,21)22/h2-9H,1H3,(H3,23,24,25,26). The minimum Gasteiger partial charge on any atom is -0.368 e. The molecule has 1 heterocycles. The zero-order valence-corrected chi connectivity index (χ0v) is 13.6. The molecule has 3 rings (SSSR count). The van der Waals surface area contributed by atoms with E-state index in [9.17, 15) is 17.6 Å². The Balaban J connectivity index is 1.92. The van der Waals surface area contributed by atoms with E-state index in [1.54, 1.807) is 19.1 Å². The second kappa shape index (κ2) is 6.62. The monoisotopic (exact) mass is 362 g/mol. The van der Waals surface area contributed by atoms with Gasteiger partial charge in [0.05, 0.1) is 11.3 Å². The Morgan fingerprint density at radius 2 is 1.65 bits per heavy atom. The molecule has 0 amide bonds. The summed E-state index contributed by atoms with van der Waals surface area (Å²) in [5, 5.41) is 2.88. The number of nitrogen functional groups attached to an aromatic ring is 1. The molecule has 0 fully saturated rings. The highest BCUT2D eigenvalue weighted by molar-refractivity contribution is 5.69. The van der Waals surface area contributed by atoms with Gasteiger partial charge in [-0.15, -0.1) is 0 Å². The van der Waals surface area contributed by atoms with Crippen LogP contribution in [-0.2, 0) is 6.18 Å². The van der Waals surface area contributed by atoms with Crippen LogP contribution in [-0.4, -0.2) is 9.97 Å². The van der Waals surface area contributed by atoms with Crippen LogP contribution in [0.15, 0.2) is 48.5 Å². The maximum absolute atomic E-state index is 13.5. The Bertz CT molecular complexity index is 937. The number of nitrogens with two attached hydrogens (primary N) is 1. The number of alkyl halides is 3. The summed E-state index contributed by atoms with van der Waals surface area (Å²) in [4.78, 5) is 8.12. The van der Waals surface area contributed by atoms with Crippen LogP contribution in [0.3, 0.4) is 0 Å². The van der Waals surface area contributed by atoms with Crippen molar-refractivity contribution < 1.29 is 17.6 Å². The molecular formula is C18H14F4N4. The molecule has 0 aliphatic heterocycles. The number of aryl methyl sites for hydroxylation is 1. The van der Waals surface area contributed by atoms with Crippen molar-refractivity contribution in [2.75, 3.05) is 11.1 Å². The van der Waals surface area contributed by atoms with E-state index < -0.39 is 17.6 Å². The smallest absolute Gasteiger partial charge is 0.368 e. The zero-order valence-electron chi connectivity index (χ0n) is 13.6. The molecular weight excluding hydrogens is 348 g/mol. The van der Waals surface area contributed by atoms with E-state index >= 15 is 0 Å². The third-order valence-electron chi connectivity index (χ3n) is 3.70. The Labute approximate surface area is 146 Å². The molecule has 0 radical (unpaired) electrons. The van der Waals surface area contributed by atoms with E-state index in [2.05, 4.69) is 15.3 Å². The number of nitrogens with one attached hydrogen (secondary N) is 1. The van der Waals surface area contributed by atoms with Crippen molar-refractivity contribution in [3.8, 4) is 11.3 Å². The van der Waals surface area contributed by atoms with Gasteiger partial charge < -0.3 is 11.1 Å². The van der Waals surface area contributed by atoms with Crippen molar-refractivity contribution in [3.05, 3.63) is 65.5 Å². The number of halogens is 4. The van der Waals surface area contributed by atoms with Crippen LogP contribution >= 0.6 is 0 Å². The number of anilines is 3. The Morgan fingerprint density at radius 1 is 0.962 bits per heavy atom. The van der Waals surface area contributed by atoms with Crippen molar-refractivity contribution in [3.63, 3.8) is 0 Å². The van der Waals surface area contributed by atoms with Gasteiger partial charge >= 0.3 is 6.18 Å². The van der Waals surface area contributed by atoms with Gasteiger partial charge in [-0.1, -0.05) is 6.07 Å². The number of aromatic nitrogens is 2. The highest BCUT2D eigenvalue weighted by Gasteiger charge is 2.29. The van der Waals surface area contributed by atoms with E-state index in [1.807, 2.05) is 0 Å². The number of hydrogen-bond donors (Lipinski definition) is 2. The molecule has 2 aromatic carbocycles. The Kier molecular flexibility index (Phi) is 4.50. The molecule has 0 unspecified atom stereocenters. The predicted molar refractivity (Wildman–Crippen MR) is 91.3 cm³/mol. The molecule has 0 saturated heterocycles. The van der Waals surface area contributed by atoms with Crippen LogP contribution in [0.25, 0.3) is 11.3 Å². The number of hydrogen-bond acceptors (Lipinski definition) is 4. The molecule has 0 aliphatic carbocycles. The van der Waals surface area contributed by atoms with Crippen molar-refractivity contribution in [2.45, 2.75) is 13.1 Å². The van der Waals surface area contributed by atoms with Crippen molar-refractivity contribution >= 4 is 17.5 Å². The van der Waals surface area contributed by atoms with Crippen LogP contribution < -0.4 is 11.1 Å². The molecule has 26 heavy (non-hydrogen) atoms. The normalized spacial score (nSPS) is 11.4. The highest BCUT2D eigenvalue weighted by atomic mass is 19.4. The summed E-state index contributed by atoms with van der Waals surface area (Å²) in [7, 11) is 0. The van der Waals surface area contributed by atoms with Crippen LogP contribution in [0.5, 0.6) is 0 Å². The zero-order chi connectivity index (χ0) is 18.9. The molecule has 0 saturated carbocycles. The van der Waals surface area contributed by atoms with Gasteiger partial charge in [0.2, 0.25) is 5.95 Å². The number of nitrogens with zero attached hydrogens (tertiary/aromatic N) is 2. The van der Waals surface area contributed by atoms with Gasteiger partial charge in [0.1, 0.15) is 11.6 Å². The van der Waals surface area contributed by atoms with Crippen LogP contribution in [0, 0.1) is 12.7 Å². The minimum absolute atomic E-state index is 0.0411. The van der Waals surface area contributed by atoms with E-state index in [1.165, 1.54) is 24.3 Å². The lowest BCUT2D eigenvalue weighted by Gasteiger charge is -2.11. The Morgan fingerprint density at radius 3 is 2.31 bits per heavy atom. The van der Waals surface area contributed by atoms with Gasteiger partial charge in [0.25, 0.3) is 0 Å². The summed E-state index contributed by atoms with van der Waals surface area (Å²) in [5.74, 6) is -0.170. The topological polar surface area (TPSA) is 63.8 Å². The first-order valence-electron chi connectivity index (χ1n) is 7.58. The molecule has 4 nitrogen and oxygen atoms in total.